The zero-order valence-electron chi connectivity index (χ0n) is 13.4. The summed E-state index contributed by atoms with van der Waals surface area (Å²) < 4.78 is 0. The number of carboxylic acid groups (broad SMARTS) is 1. The molecule has 6 nitrogen and oxygen atoms in total. The number of piperidine rings is 1. The van der Waals surface area contributed by atoms with Gasteiger partial charge in [0.15, 0.2) is 0 Å². The van der Waals surface area contributed by atoms with Crippen LogP contribution in [0.3, 0.4) is 0 Å². The number of carbonyl (C=O) groups is 3. The molecule has 0 bridgehead atoms. The molecule has 1 aliphatic heterocycles. The predicted octanol–water partition coefficient (Wildman–Crippen LogP) is 1.63. The van der Waals surface area contributed by atoms with Crippen molar-refractivity contribution in [3.8, 4) is 0 Å². The number of amides is 2. The number of hydrogen-bond acceptors (Lipinski definition) is 4. The van der Waals surface area contributed by atoms with E-state index in [1.165, 1.54) is 16.2 Å². The molecule has 1 aliphatic rings. The molecule has 1 N–H and O–H groups in total. The Morgan fingerprint density at radius 2 is 2.22 bits per heavy atom. The molecule has 1 aromatic heterocycles. The Morgan fingerprint density at radius 3 is 2.83 bits per heavy atom. The number of thiophene rings is 1. The number of carboxylic acids is 1. The number of hydrogen-bond donors (Lipinski definition) is 1. The van der Waals surface area contributed by atoms with Gasteiger partial charge < -0.3 is 14.9 Å². The van der Waals surface area contributed by atoms with Crippen LogP contribution in [0, 0.1) is 5.92 Å². The Morgan fingerprint density at radius 1 is 1.48 bits per heavy atom. The smallest absolute Gasteiger partial charge is 0.308 e. The summed E-state index contributed by atoms with van der Waals surface area (Å²) >= 11 is 1.54. The van der Waals surface area contributed by atoms with Crippen molar-refractivity contribution in [2.45, 2.75) is 25.7 Å². The molecule has 2 amide bonds. The molecule has 2 rings (SSSR count). The molecule has 0 aliphatic carbocycles. The molecule has 1 fully saturated rings. The number of nitrogens with zero attached hydrogens (tertiary/aromatic N) is 2. The molecule has 7 heteroatoms. The highest BCUT2D eigenvalue weighted by atomic mass is 32.1. The van der Waals surface area contributed by atoms with Crippen molar-refractivity contribution in [3.63, 3.8) is 0 Å². The lowest BCUT2D eigenvalue weighted by molar-refractivity contribution is -0.147. The molecular formula is C16H22N2O4S. The Hall–Kier alpha value is -1.89. The summed E-state index contributed by atoms with van der Waals surface area (Å²) in [4.78, 5) is 38.8. The number of aliphatic carboxylic acids is 1. The number of carbonyl (C=O) groups excluding carboxylic acids is 2. The average molecular weight is 338 g/mol. The molecule has 23 heavy (non-hydrogen) atoms. The maximum absolute atomic E-state index is 12.4. The third kappa shape index (κ3) is 4.31. The largest absolute Gasteiger partial charge is 0.481 e. The van der Waals surface area contributed by atoms with Gasteiger partial charge in [-0.15, -0.1) is 0 Å². The van der Waals surface area contributed by atoms with Crippen molar-refractivity contribution < 1.29 is 19.5 Å². The predicted molar refractivity (Wildman–Crippen MR) is 87.3 cm³/mol. The van der Waals surface area contributed by atoms with Crippen LogP contribution in [0.15, 0.2) is 16.8 Å². The molecule has 2 heterocycles. The van der Waals surface area contributed by atoms with Crippen molar-refractivity contribution in [2.24, 2.45) is 5.92 Å². The lowest BCUT2D eigenvalue weighted by Gasteiger charge is -2.32. The van der Waals surface area contributed by atoms with Crippen LogP contribution in [0.2, 0.25) is 0 Å². The van der Waals surface area contributed by atoms with Crippen molar-refractivity contribution in [2.75, 3.05) is 26.7 Å². The number of likely N-dealkylation sites (N-methyl/N-ethyl adjacent to an activating group) is 1. The van der Waals surface area contributed by atoms with Crippen molar-refractivity contribution in [1.82, 2.24) is 9.80 Å². The second kappa shape index (κ2) is 7.59. The highest BCUT2D eigenvalue weighted by Gasteiger charge is 2.29. The van der Waals surface area contributed by atoms with E-state index < -0.39 is 11.9 Å². The third-order valence-corrected chi connectivity index (χ3v) is 4.99. The van der Waals surface area contributed by atoms with Gasteiger partial charge >= 0.3 is 5.97 Å². The van der Waals surface area contributed by atoms with E-state index in [4.69, 9.17) is 5.11 Å². The Labute approximate surface area is 139 Å². The number of likely N-dealkylation sites (tertiary alicyclic amines) is 1. The van der Waals surface area contributed by atoms with Gasteiger partial charge in [-0.1, -0.05) is 0 Å². The Balaban J connectivity index is 1.91. The second-order valence-corrected chi connectivity index (χ2v) is 6.77. The first-order chi connectivity index (χ1) is 10.9. The quantitative estimate of drug-likeness (QED) is 0.885. The van der Waals surface area contributed by atoms with Gasteiger partial charge in [0.1, 0.15) is 0 Å². The Kier molecular flexibility index (Phi) is 5.76. The van der Waals surface area contributed by atoms with E-state index in [1.807, 2.05) is 23.8 Å². The maximum atomic E-state index is 12.4. The van der Waals surface area contributed by atoms with Crippen LogP contribution in [-0.2, 0) is 14.4 Å². The zero-order chi connectivity index (χ0) is 17.0. The summed E-state index contributed by atoms with van der Waals surface area (Å²) in [5.41, 5.74) is 0.947. The van der Waals surface area contributed by atoms with Crippen LogP contribution in [0.25, 0.3) is 0 Å². The molecule has 1 saturated heterocycles. The molecule has 2 unspecified atom stereocenters. The molecule has 0 aromatic carbocycles. The fourth-order valence-electron chi connectivity index (χ4n) is 2.78. The summed E-state index contributed by atoms with van der Waals surface area (Å²) in [6, 6.07) is 1.91. The molecule has 1 aromatic rings. The normalized spacial score (nSPS) is 19.2. The SMILES string of the molecule is CC(C(=O)N(C)CC(=O)N1CCCC(C(=O)O)C1)c1ccsc1. The Bertz CT molecular complexity index is 573. The fraction of sp³-hybridized carbons (Fsp3) is 0.562. The second-order valence-electron chi connectivity index (χ2n) is 5.99. The summed E-state index contributed by atoms with van der Waals surface area (Å²) in [6.07, 6.45) is 1.29. The van der Waals surface area contributed by atoms with Crippen molar-refractivity contribution in [3.05, 3.63) is 22.4 Å². The molecule has 2 atom stereocenters. The summed E-state index contributed by atoms with van der Waals surface area (Å²) in [7, 11) is 1.61. The zero-order valence-corrected chi connectivity index (χ0v) is 14.2. The standard InChI is InChI=1S/C16H22N2O4S/c1-11(13-5-7-23-10-13)15(20)17(2)9-14(19)18-6-3-4-12(8-18)16(21)22/h5,7,10-12H,3-4,6,8-9H2,1-2H3,(H,21,22). The van der Waals surface area contributed by atoms with Gasteiger partial charge in [-0.3, -0.25) is 14.4 Å². The van der Waals surface area contributed by atoms with E-state index >= 15 is 0 Å². The van der Waals surface area contributed by atoms with Gasteiger partial charge in [0.05, 0.1) is 18.4 Å². The third-order valence-electron chi connectivity index (χ3n) is 4.29. The highest BCUT2D eigenvalue weighted by molar-refractivity contribution is 7.08. The van der Waals surface area contributed by atoms with Crippen LogP contribution in [0.5, 0.6) is 0 Å². The molecule has 0 saturated carbocycles. The van der Waals surface area contributed by atoms with Gasteiger partial charge in [-0.25, -0.2) is 0 Å². The van der Waals surface area contributed by atoms with Crippen LogP contribution >= 0.6 is 11.3 Å². The van der Waals surface area contributed by atoms with Gasteiger partial charge in [0.2, 0.25) is 11.8 Å². The van der Waals surface area contributed by atoms with E-state index in [0.29, 0.717) is 19.4 Å². The van der Waals surface area contributed by atoms with Gasteiger partial charge in [0, 0.05) is 20.1 Å². The van der Waals surface area contributed by atoms with Crippen LogP contribution in [0.4, 0.5) is 0 Å². The van der Waals surface area contributed by atoms with Crippen LogP contribution in [0.1, 0.15) is 31.2 Å². The first kappa shape index (κ1) is 17.5. The van der Waals surface area contributed by atoms with Gasteiger partial charge in [0.25, 0.3) is 0 Å². The van der Waals surface area contributed by atoms with E-state index in [0.717, 1.165) is 5.56 Å². The van der Waals surface area contributed by atoms with E-state index in [1.54, 1.807) is 11.9 Å². The summed E-state index contributed by atoms with van der Waals surface area (Å²) in [5.74, 6) is -1.95. The molecule has 126 valence electrons. The minimum absolute atomic E-state index is 0.0142. The maximum Gasteiger partial charge on any atom is 0.308 e. The highest BCUT2D eigenvalue weighted by Crippen LogP contribution is 2.21. The van der Waals surface area contributed by atoms with Gasteiger partial charge in [-0.2, -0.15) is 11.3 Å². The van der Waals surface area contributed by atoms with Gasteiger partial charge in [-0.05, 0) is 42.2 Å². The first-order valence-electron chi connectivity index (χ1n) is 7.67. The van der Waals surface area contributed by atoms with Crippen LogP contribution < -0.4 is 0 Å². The van der Waals surface area contributed by atoms with E-state index in [9.17, 15) is 14.4 Å². The monoisotopic (exact) mass is 338 g/mol. The molecular weight excluding hydrogens is 316 g/mol. The van der Waals surface area contributed by atoms with E-state index in [-0.39, 0.29) is 30.8 Å². The molecule has 0 radical (unpaired) electrons. The fourth-order valence-corrected chi connectivity index (χ4v) is 3.53. The lowest BCUT2D eigenvalue weighted by atomic mass is 9.98. The summed E-state index contributed by atoms with van der Waals surface area (Å²) in [6.45, 7) is 2.60. The van der Waals surface area contributed by atoms with Crippen molar-refractivity contribution >= 4 is 29.1 Å². The lowest BCUT2D eigenvalue weighted by Crippen LogP contribution is -2.47. The van der Waals surface area contributed by atoms with E-state index in [2.05, 4.69) is 0 Å². The summed E-state index contributed by atoms with van der Waals surface area (Å²) in [5, 5.41) is 12.9. The molecule has 0 spiro atoms. The van der Waals surface area contributed by atoms with Crippen molar-refractivity contribution in [1.29, 1.82) is 0 Å². The minimum atomic E-state index is -0.863. The van der Waals surface area contributed by atoms with Crippen LogP contribution in [-0.4, -0.2) is 59.4 Å². The minimum Gasteiger partial charge on any atom is -0.481 e. The average Bonchev–Trinajstić information content (AvgIpc) is 3.07. The topological polar surface area (TPSA) is 77.9 Å². The first-order valence-corrected chi connectivity index (χ1v) is 8.62. The number of rotatable bonds is 5.